The van der Waals surface area contributed by atoms with Gasteiger partial charge in [-0.05, 0) is 57.3 Å². The van der Waals surface area contributed by atoms with Gasteiger partial charge in [0.2, 0.25) is 0 Å². The number of nitrogens with zero attached hydrogens (tertiary/aromatic N) is 2. The van der Waals surface area contributed by atoms with Crippen molar-refractivity contribution in [3.05, 3.63) is 34.9 Å². The van der Waals surface area contributed by atoms with Gasteiger partial charge in [0.15, 0.2) is 0 Å². The largest absolute Gasteiger partial charge is 0.329 e. The molecule has 2 aliphatic rings. The molecule has 3 rings (SSSR count). The number of hydrogen-bond acceptors (Lipinski definition) is 3. The standard InChI is InChI=1S/C18H29N3/c1-14-5-6-15(2)17(11-14)18(12-19)21-10-7-16(13-21)20-8-3-4-9-20/h5-6,11,16,18H,3-4,7-10,12-13,19H2,1-2H3. The predicted octanol–water partition coefficient (Wildman–Crippen LogP) is 2.47. The Morgan fingerprint density at radius 1 is 1.19 bits per heavy atom. The first-order valence-electron chi connectivity index (χ1n) is 8.44. The Morgan fingerprint density at radius 2 is 1.95 bits per heavy atom. The van der Waals surface area contributed by atoms with E-state index in [-0.39, 0.29) is 0 Å². The van der Waals surface area contributed by atoms with E-state index in [2.05, 4.69) is 41.8 Å². The lowest BCUT2D eigenvalue weighted by molar-refractivity contribution is 0.202. The van der Waals surface area contributed by atoms with E-state index in [0.717, 1.165) is 12.6 Å². The Labute approximate surface area is 129 Å². The normalized spacial score (nSPS) is 25.6. The van der Waals surface area contributed by atoms with Gasteiger partial charge in [0, 0.05) is 31.7 Å². The molecule has 2 unspecified atom stereocenters. The van der Waals surface area contributed by atoms with Crippen molar-refractivity contribution in [3.63, 3.8) is 0 Å². The van der Waals surface area contributed by atoms with Gasteiger partial charge in [0.25, 0.3) is 0 Å². The first-order chi connectivity index (χ1) is 10.2. The van der Waals surface area contributed by atoms with Crippen LogP contribution in [-0.4, -0.2) is 48.6 Å². The first-order valence-corrected chi connectivity index (χ1v) is 8.44. The van der Waals surface area contributed by atoms with Gasteiger partial charge in [-0.15, -0.1) is 0 Å². The van der Waals surface area contributed by atoms with Gasteiger partial charge >= 0.3 is 0 Å². The molecular weight excluding hydrogens is 258 g/mol. The summed E-state index contributed by atoms with van der Waals surface area (Å²) in [5, 5.41) is 0. The fraction of sp³-hybridized carbons (Fsp3) is 0.667. The molecule has 0 radical (unpaired) electrons. The Morgan fingerprint density at radius 3 is 2.67 bits per heavy atom. The lowest BCUT2D eigenvalue weighted by Gasteiger charge is -2.30. The third kappa shape index (κ3) is 3.15. The molecular formula is C18H29N3. The van der Waals surface area contributed by atoms with Crippen molar-refractivity contribution in [1.82, 2.24) is 9.80 Å². The molecule has 1 aromatic carbocycles. The fourth-order valence-corrected chi connectivity index (χ4v) is 4.05. The van der Waals surface area contributed by atoms with Crippen LogP contribution in [0.25, 0.3) is 0 Å². The maximum Gasteiger partial charge on any atom is 0.0473 e. The van der Waals surface area contributed by atoms with E-state index in [9.17, 15) is 0 Å². The summed E-state index contributed by atoms with van der Waals surface area (Å²) in [4.78, 5) is 5.31. The molecule has 1 aromatic rings. The average Bonchev–Trinajstić information content (AvgIpc) is 3.14. The Kier molecular flexibility index (Phi) is 4.63. The van der Waals surface area contributed by atoms with Crippen molar-refractivity contribution >= 4 is 0 Å². The smallest absolute Gasteiger partial charge is 0.0473 e. The minimum atomic E-state index is 0.387. The fourth-order valence-electron chi connectivity index (χ4n) is 4.05. The summed E-state index contributed by atoms with van der Waals surface area (Å²) in [5.41, 5.74) is 10.3. The molecule has 0 saturated carbocycles. The van der Waals surface area contributed by atoms with E-state index in [1.807, 2.05) is 0 Å². The van der Waals surface area contributed by atoms with E-state index >= 15 is 0 Å². The van der Waals surface area contributed by atoms with E-state index in [4.69, 9.17) is 5.73 Å². The summed E-state index contributed by atoms with van der Waals surface area (Å²) in [6, 6.07) is 7.91. The second kappa shape index (κ2) is 6.47. The molecule has 2 N–H and O–H groups in total. The second-order valence-electron chi connectivity index (χ2n) is 6.79. The molecule has 116 valence electrons. The zero-order valence-electron chi connectivity index (χ0n) is 13.5. The molecule has 0 spiro atoms. The summed E-state index contributed by atoms with van der Waals surface area (Å²) >= 11 is 0. The van der Waals surface area contributed by atoms with Gasteiger partial charge in [0.05, 0.1) is 0 Å². The van der Waals surface area contributed by atoms with E-state index in [1.165, 1.54) is 62.1 Å². The highest BCUT2D eigenvalue weighted by Crippen LogP contribution is 2.30. The van der Waals surface area contributed by atoms with Gasteiger partial charge in [-0.2, -0.15) is 0 Å². The maximum absolute atomic E-state index is 6.15. The third-order valence-corrected chi connectivity index (χ3v) is 5.31. The van der Waals surface area contributed by atoms with Crippen LogP contribution in [0, 0.1) is 13.8 Å². The van der Waals surface area contributed by atoms with Gasteiger partial charge in [0.1, 0.15) is 0 Å². The second-order valence-corrected chi connectivity index (χ2v) is 6.79. The number of nitrogens with two attached hydrogens (primary N) is 1. The minimum absolute atomic E-state index is 0.387. The van der Waals surface area contributed by atoms with Crippen LogP contribution in [0.5, 0.6) is 0 Å². The number of rotatable bonds is 4. The van der Waals surface area contributed by atoms with Crippen LogP contribution in [0.4, 0.5) is 0 Å². The van der Waals surface area contributed by atoms with Crippen LogP contribution in [-0.2, 0) is 0 Å². The zero-order valence-corrected chi connectivity index (χ0v) is 13.5. The minimum Gasteiger partial charge on any atom is -0.329 e. The number of benzene rings is 1. The molecule has 2 saturated heterocycles. The van der Waals surface area contributed by atoms with Gasteiger partial charge < -0.3 is 5.73 Å². The molecule has 21 heavy (non-hydrogen) atoms. The zero-order chi connectivity index (χ0) is 14.8. The van der Waals surface area contributed by atoms with Crippen molar-refractivity contribution in [2.24, 2.45) is 5.73 Å². The molecule has 2 fully saturated rings. The molecule has 2 aliphatic heterocycles. The highest BCUT2D eigenvalue weighted by molar-refractivity contribution is 5.33. The number of hydrogen-bond donors (Lipinski definition) is 1. The molecule has 3 nitrogen and oxygen atoms in total. The molecule has 2 heterocycles. The maximum atomic E-state index is 6.15. The molecule has 0 bridgehead atoms. The van der Waals surface area contributed by atoms with Crippen LogP contribution < -0.4 is 5.73 Å². The highest BCUT2D eigenvalue weighted by atomic mass is 15.3. The Hall–Kier alpha value is -0.900. The van der Waals surface area contributed by atoms with Crippen molar-refractivity contribution in [3.8, 4) is 0 Å². The Bertz CT molecular complexity index is 479. The van der Waals surface area contributed by atoms with Gasteiger partial charge in [-0.25, -0.2) is 0 Å². The molecule has 0 aliphatic carbocycles. The quantitative estimate of drug-likeness (QED) is 0.923. The number of likely N-dealkylation sites (tertiary alicyclic amines) is 2. The molecule has 2 atom stereocenters. The summed E-state index contributed by atoms with van der Waals surface area (Å²) in [6.45, 7) is 10.1. The van der Waals surface area contributed by atoms with Crippen LogP contribution in [0.3, 0.4) is 0 Å². The van der Waals surface area contributed by atoms with Crippen molar-refractivity contribution < 1.29 is 0 Å². The van der Waals surface area contributed by atoms with E-state index < -0.39 is 0 Å². The van der Waals surface area contributed by atoms with E-state index in [1.54, 1.807) is 0 Å². The average molecular weight is 287 g/mol. The molecule has 3 heteroatoms. The van der Waals surface area contributed by atoms with Crippen molar-refractivity contribution in [2.45, 2.75) is 45.2 Å². The SMILES string of the molecule is Cc1ccc(C)c(C(CN)N2CCC(N3CCCC3)C2)c1. The van der Waals surface area contributed by atoms with Crippen LogP contribution in [0.2, 0.25) is 0 Å². The monoisotopic (exact) mass is 287 g/mol. The summed E-state index contributed by atoms with van der Waals surface area (Å²) in [6.07, 6.45) is 4.07. The summed E-state index contributed by atoms with van der Waals surface area (Å²) in [5.74, 6) is 0. The molecule has 0 amide bonds. The number of aryl methyl sites for hydroxylation is 2. The highest BCUT2D eigenvalue weighted by Gasteiger charge is 2.33. The van der Waals surface area contributed by atoms with Crippen molar-refractivity contribution in [1.29, 1.82) is 0 Å². The van der Waals surface area contributed by atoms with Crippen LogP contribution >= 0.6 is 0 Å². The summed E-state index contributed by atoms with van der Waals surface area (Å²) < 4.78 is 0. The van der Waals surface area contributed by atoms with Crippen molar-refractivity contribution in [2.75, 3.05) is 32.7 Å². The topological polar surface area (TPSA) is 32.5 Å². The van der Waals surface area contributed by atoms with Gasteiger partial charge in [-0.1, -0.05) is 23.8 Å². The lowest BCUT2D eigenvalue weighted by atomic mass is 9.98. The Balaban J connectivity index is 1.73. The predicted molar refractivity (Wildman–Crippen MR) is 88.5 cm³/mol. The summed E-state index contributed by atoms with van der Waals surface area (Å²) in [7, 11) is 0. The first kappa shape index (κ1) is 15.0. The lowest BCUT2D eigenvalue weighted by Crippen LogP contribution is -2.38. The van der Waals surface area contributed by atoms with Crippen LogP contribution in [0.1, 0.15) is 42.0 Å². The van der Waals surface area contributed by atoms with Crippen LogP contribution in [0.15, 0.2) is 18.2 Å². The van der Waals surface area contributed by atoms with Gasteiger partial charge in [-0.3, -0.25) is 9.80 Å². The van der Waals surface area contributed by atoms with E-state index in [0.29, 0.717) is 6.04 Å². The third-order valence-electron chi connectivity index (χ3n) is 5.31. The molecule has 0 aromatic heterocycles.